The first-order valence-corrected chi connectivity index (χ1v) is 23.4. The Labute approximate surface area is 313 Å². The lowest BCUT2D eigenvalue weighted by atomic mass is 10.0. The second-order valence-electron chi connectivity index (χ2n) is 15.4. The van der Waals surface area contributed by atoms with Crippen LogP contribution in [0.1, 0.15) is 201 Å². The van der Waals surface area contributed by atoms with E-state index in [4.69, 9.17) is 30.3 Å². The number of quaternary nitrogens is 1. The van der Waals surface area contributed by atoms with Crippen LogP contribution in [0, 0.1) is 0 Å². The van der Waals surface area contributed by atoms with E-state index < -0.39 is 6.72 Å². The maximum absolute atomic E-state index is 12.7. The Morgan fingerprint density at radius 3 is 1.20 bits per heavy atom. The molecule has 0 spiro atoms. The van der Waals surface area contributed by atoms with Gasteiger partial charge in [-0.1, -0.05) is 200 Å². The van der Waals surface area contributed by atoms with Gasteiger partial charge in [-0.15, -0.1) is 0 Å². The molecule has 0 aromatic heterocycles. The predicted octanol–water partition coefficient (Wildman–Crippen LogP) is 12.3. The van der Waals surface area contributed by atoms with E-state index in [1.165, 1.54) is 167 Å². The smallest absolute Gasteiger partial charge is 0.115 e. The summed E-state index contributed by atoms with van der Waals surface area (Å²) in [7, 11) is 6.19. The summed E-state index contributed by atoms with van der Waals surface area (Å²) in [6.07, 6.45) is 37.3. The standard InChI is InChI=1S/C40H84NO5PS.CH4/c1-6-8-10-12-14-16-18-20-22-24-26-28-30-32-35-43-38-40(39-46-47(42,48)45-37-34-41(3,4)5)44-36-33-31-29-27-25-23-21-19-17-15-13-11-9-7-2;/h40H,6-39H2,1-5H3;1H4. The van der Waals surface area contributed by atoms with Crippen LogP contribution < -0.4 is 4.89 Å². The van der Waals surface area contributed by atoms with Gasteiger partial charge in [0.15, 0.2) is 0 Å². The van der Waals surface area contributed by atoms with Crippen LogP contribution >= 0.6 is 6.72 Å². The first-order chi connectivity index (χ1) is 23.2. The van der Waals surface area contributed by atoms with Crippen molar-refractivity contribution >= 4 is 18.5 Å². The minimum absolute atomic E-state index is 0. The van der Waals surface area contributed by atoms with Crippen LogP contribution in [0.5, 0.6) is 0 Å². The van der Waals surface area contributed by atoms with Gasteiger partial charge in [-0.2, -0.15) is 0 Å². The minimum Gasteiger partial charge on any atom is -0.780 e. The maximum atomic E-state index is 12.7. The second kappa shape index (κ2) is 38.1. The number of rotatable bonds is 40. The average Bonchev–Trinajstić information content (AvgIpc) is 3.04. The molecule has 6 nitrogen and oxygen atoms in total. The fourth-order valence-corrected chi connectivity index (χ4v) is 7.08. The highest BCUT2D eigenvalue weighted by Crippen LogP contribution is 2.38. The fourth-order valence-electron chi connectivity index (χ4n) is 5.94. The predicted molar refractivity (Wildman–Crippen MR) is 217 cm³/mol. The first kappa shape index (κ1) is 51.5. The van der Waals surface area contributed by atoms with Crippen LogP contribution in [0.15, 0.2) is 0 Å². The van der Waals surface area contributed by atoms with Gasteiger partial charge in [-0.05, 0) is 12.8 Å². The van der Waals surface area contributed by atoms with Crippen molar-refractivity contribution in [2.24, 2.45) is 0 Å². The van der Waals surface area contributed by atoms with Gasteiger partial charge < -0.3 is 27.9 Å². The molecule has 0 saturated heterocycles. The molecule has 0 aliphatic rings. The van der Waals surface area contributed by atoms with Gasteiger partial charge in [0.2, 0.25) is 0 Å². The molecule has 0 aliphatic heterocycles. The zero-order valence-corrected chi connectivity index (χ0v) is 34.7. The Morgan fingerprint density at radius 2 is 0.837 bits per heavy atom. The van der Waals surface area contributed by atoms with E-state index in [0.29, 0.717) is 30.8 Å². The molecular formula is C41H88NO5PS. The number of hydrogen-bond donors (Lipinski definition) is 0. The Kier molecular flexibility index (Phi) is 40.1. The highest BCUT2D eigenvalue weighted by Gasteiger charge is 2.15. The summed E-state index contributed by atoms with van der Waals surface area (Å²) < 4.78 is 23.9. The highest BCUT2D eigenvalue weighted by atomic mass is 32.5. The highest BCUT2D eigenvalue weighted by molar-refractivity contribution is 8.06. The second-order valence-corrected chi connectivity index (χ2v) is 18.1. The van der Waals surface area contributed by atoms with Crippen molar-refractivity contribution in [3.05, 3.63) is 0 Å². The number of hydrogen-bond acceptors (Lipinski definition) is 6. The molecule has 0 fully saturated rings. The third kappa shape index (κ3) is 42.7. The van der Waals surface area contributed by atoms with Crippen molar-refractivity contribution in [3.63, 3.8) is 0 Å². The van der Waals surface area contributed by atoms with Crippen molar-refractivity contribution in [2.45, 2.75) is 207 Å². The molecule has 2 atom stereocenters. The summed E-state index contributed by atoms with van der Waals surface area (Å²) >= 11 is 5.16. The molecule has 298 valence electrons. The van der Waals surface area contributed by atoms with Crippen molar-refractivity contribution in [1.82, 2.24) is 0 Å². The topological polar surface area (TPSA) is 60.0 Å². The van der Waals surface area contributed by atoms with Crippen LogP contribution in [-0.2, 0) is 30.3 Å². The lowest BCUT2D eigenvalue weighted by Gasteiger charge is -2.31. The van der Waals surface area contributed by atoms with E-state index in [0.717, 1.165) is 19.4 Å². The van der Waals surface area contributed by atoms with E-state index in [1.54, 1.807) is 0 Å². The third-order valence-corrected chi connectivity index (χ3v) is 10.8. The number of nitrogens with zero attached hydrogens (tertiary/aromatic N) is 1. The summed E-state index contributed by atoms with van der Waals surface area (Å²) in [5, 5.41) is 0. The summed E-state index contributed by atoms with van der Waals surface area (Å²) in [6, 6.07) is 0. The van der Waals surface area contributed by atoms with Gasteiger partial charge in [0, 0.05) is 13.2 Å². The van der Waals surface area contributed by atoms with Gasteiger partial charge in [0.25, 0.3) is 0 Å². The normalized spacial score (nSPS) is 13.8. The van der Waals surface area contributed by atoms with E-state index in [2.05, 4.69) is 35.0 Å². The van der Waals surface area contributed by atoms with Crippen molar-refractivity contribution in [1.29, 1.82) is 0 Å². The Hall–Kier alpha value is 0.410. The molecule has 2 unspecified atom stereocenters. The molecule has 0 aromatic rings. The number of ether oxygens (including phenoxy) is 2. The number of unbranched alkanes of at least 4 members (excludes halogenated alkanes) is 26. The summed E-state index contributed by atoms with van der Waals surface area (Å²) in [5.41, 5.74) is 0. The summed E-state index contributed by atoms with van der Waals surface area (Å²) in [4.78, 5) is 12.7. The Balaban J connectivity index is 0. The molecular weight excluding hydrogens is 649 g/mol. The lowest BCUT2D eigenvalue weighted by Crippen LogP contribution is -2.37. The van der Waals surface area contributed by atoms with E-state index in [1.807, 2.05) is 0 Å². The van der Waals surface area contributed by atoms with E-state index in [9.17, 15) is 4.89 Å². The lowest BCUT2D eigenvalue weighted by molar-refractivity contribution is -0.870. The van der Waals surface area contributed by atoms with Gasteiger partial charge in [0.05, 0.1) is 34.4 Å². The average molecular weight is 738 g/mol. The van der Waals surface area contributed by atoms with Crippen molar-refractivity contribution < 1.29 is 27.9 Å². The first-order valence-electron chi connectivity index (χ1n) is 20.8. The van der Waals surface area contributed by atoms with Gasteiger partial charge in [-0.25, -0.2) is 0 Å². The molecule has 0 amide bonds. The fraction of sp³-hybridized carbons (Fsp3) is 1.00. The Morgan fingerprint density at radius 1 is 0.490 bits per heavy atom. The van der Waals surface area contributed by atoms with Crippen LogP contribution in [0.2, 0.25) is 0 Å². The summed E-state index contributed by atoms with van der Waals surface area (Å²) in [5.74, 6) is 0. The van der Waals surface area contributed by atoms with Crippen LogP contribution in [0.3, 0.4) is 0 Å². The zero-order chi connectivity index (χ0) is 35.4. The SMILES string of the molecule is C.CCCCCCCCCCCCCCCCOCC(COP([O-])(=S)OCC[N+](C)(C)C)OCCCCCCCCCCCCCCCC. The van der Waals surface area contributed by atoms with Crippen molar-refractivity contribution in [2.75, 3.05) is 60.7 Å². The molecule has 0 rings (SSSR count). The monoisotopic (exact) mass is 738 g/mol. The molecule has 49 heavy (non-hydrogen) atoms. The third-order valence-electron chi connectivity index (χ3n) is 9.23. The quantitative estimate of drug-likeness (QED) is 0.0354. The summed E-state index contributed by atoms with van der Waals surface area (Å²) in [6.45, 7) is 4.01. The van der Waals surface area contributed by atoms with E-state index in [-0.39, 0.29) is 20.1 Å². The van der Waals surface area contributed by atoms with Gasteiger partial charge in [0.1, 0.15) is 26.0 Å². The largest absolute Gasteiger partial charge is 0.780 e. The molecule has 8 heteroatoms. The molecule has 0 aliphatic carbocycles. The van der Waals surface area contributed by atoms with Gasteiger partial charge >= 0.3 is 0 Å². The van der Waals surface area contributed by atoms with Gasteiger partial charge in [-0.3, -0.25) is 0 Å². The van der Waals surface area contributed by atoms with Crippen molar-refractivity contribution in [3.8, 4) is 0 Å². The zero-order valence-electron chi connectivity index (χ0n) is 33.0. The molecule has 0 N–H and O–H groups in total. The number of likely N-dealkylation sites (N-methyl/N-ethyl adjacent to an activating group) is 1. The molecule has 0 radical (unpaired) electrons. The molecule has 0 saturated carbocycles. The van der Waals surface area contributed by atoms with Crippen LogP contribution in [0.25, 0.3) is 0 Å². The minimum atomic E-state index is -3.55. The van der Waals surface area contributed by atoms with Crippen LogP contribution in [-0.4, -0.2) is 71.3 Å². The molecule has 0 aromatic carbocycles. The molecule has 0 bridgehead atoms. The maximum Gasteiger partial charge on any atom is 0.115 e. The Bertz CT molecular complexity index is 693. The molecule has 0 heterocycles. The van der Waals surface area contributed by atoms with E-state index >= 15 is 0 Å². The van der Waals surface area contributed by atoms with Crippen LogP contribution in [0.4, 0.5) is 0 Å².